The highest BCUT2D eigenvalue weighted by Crippen LogP contribution is 2.34. The van der Waals surface area contributed by atoms with Crippen molar-refractivity contribution in [3.63, 3.8) is 0 Å². The van der Waals surface area contributed by atoms with E-state index in [0.717, 1.165) is 21.6 Å². The first-order valence-corrected chi connectivity index (χ1v) is 6.63. The molecule has 0 saturated heterocycles. The second-order valence-electron chi connectivity index (χ2n) is 4.28. The van der Waals surface area contributed by atoms with E-state index in [-0.39, 0.29) is 0 Å². The van der Waals surface area contributed by atoms with Crippen molar-refractivity contribution in [1.82, 2.24) is 15.1 Å². The smallest absolute Gasteiger partial charge is 0.270 e. The molecule has 19 heavy (non-hydrogen) atoms. The number of pyridine rings is 1. The molecule has 0 fully saturated rings. The van der Waals surface area contributed by atoms with Crippen molar-refractivity contribution in [2.45, 2.75) is 13.8 Å². The standard InChI is InChI=1S/C13H12N4OS/c1-7-3-4-15-5-9(7)12-16-13(18-17-12)11-10(14)8(2)6-19-11/h3-6H,14H2,1-2H3. The summed E-state index contributed by atoms with van der Waals surface area (Å²) in [6.07, 6.45) is 3.47. The molecule has 96 valence electrons. The topological polar surface area (TPSA) is 77.8 Å². The quantitative estimate of drug-likeness (QED) is 0.775. The highest BCUT2D eigenvalue weighted by molar-refractivity contribution is 7.14. The monoisotopic (exact) mass is 272 g/mol. The van der Waals surface area contributed by atoms with Crippen LogP contribution in [0.3, 0.4) is 0 Å². The van der Waals surface area contributed by atoms with Gasteiger partial charge in [-0.25, -0.2) is 0 Å². The van der Waals surface area contributed by atoms with Crippen molar-refractivity contribution < 1.29 is 4.52 Å². The van der Waals surface area contributed by atoms with E-state index >= 15 is 0 Å². The third-order valence-electron chi connectivity index (χ3n) is 2.92. The van der Waals surface area contributed by atoms with E-state index in [1.54, 1.807) is 12.4 Å². The highest BCUT2D eigenvalue weighted by Gasteiger charge is 2.16. The molecule has 0 unspecified atom stereocenters. The number of hydrogen-bond donors (Lipinski definition) is 1. The molecule has 0 aliphatic carbocycles. The Bertz CT molecular complexity index is 732. The van der Waals surface area contributed by atoms with Gasteiger partial charge < -0.3 is 10.3 Å². The lowest BCUT2D eigenvalue weighted by Gasteiger charge is -1.97. The number of aromatic nitrogens is 3. The second kappa shape index (κ2) is 4.47. The molecule has 0 aliphatic heterocycles. The average molecular weight is 272 g/mol. The molecule has 0 saturated carbocycles. The van der Waals surface area contributed by atoms with Crippen molar-refractivity contribution in [2.75, 3.05) is 5.73 Å². The van der Waals surface area contributed by atoms with Gasteiger partial charge in [-0.2, -0.15) is 4.98 Å². The zero-order valence-corrected chi connectivity index (χ0v) is 11.4. The van der Waals surface area contributed by atoms with Gasteiger partial charge in [0.1, 0.15) is 4.88 Å². The van der Waals surface area contributed by atoms with Crippen molar-refractivity contribution in [1.29, 1.82) is 0 Å². The lowest BCUT2D eigenvalue weighted by Crippen LogP contribution is -1.88. The second-order valence-corrected chi connectivity index (χ2v) is 5.15. The van der Waals surface area contributed by atoms with Crippen LogP contribution >= 0.6 is 11.3 Å². The van der Waals surface area contributed by atoms with Gasteiger partial charge in [0, 0.05) is 18.0 Å². The number of hydrogen-bond acceptors (Lipinski definition) is 6. The Balaban J connectivity index is 2.05. The molecule has 0 aliphatic rings. The van der Waals surface area contributed by atoms with Crippen molar-refractivity contribution >= 4 is 17.0 Å². The Morgan fingerprint density at radius 1 is 1.26 bits per heavy atom. The van der Waals surface area contributed by atoms with Gasteiger partial charge in [-0.3, -0.25) is 4.98 Å². The SMILES string of the molecule is Cc1ccncc1-c1noc(-c2scc(C)c2N)n1. The minimum Gasteiger partial charge on any atom is -0.397 e. The Morgan fingerprint density at radius 3 is 2.79 bits per heavy atom. The van der Waals surface area contributed by atoms with Crippen molar-refractivity contribution in [2.24, 2.45) is 0 Å². The van der Waals surface area contributed by atoms with E-state index in [4.69, 9.17) is 10.3 Å². The van der Waals surface area contributed by atoms with Crippen LogP contribution < -0.4 is 5.73 Å². The first kappa shape index (κ1) is 11.9. The summed E-state index contributed by atoms with van der Waals surface area (Å²) in [6, 6.07) is 1.91. The molecule has 0 bridgehead atoms. The molecule has 3 rings (SSSR count). The maximum atomic E-state index is 5.98. The van der Waals surface area contributed by atoms with E-state index in [0.29, 0.717) is 17.4 Å². The lowest BCUT2D eigenvalue weighted by molar-refractivity contribution is 0.433. The van der Waals surface area contributed by atoms with Gasteiger partial charge in [0.25, 0.3) is 5.89 Å². The fraction of sp³-hybridized carbons (Fsp3) is 0.154. The number of aryl methyl sites for hydroxylation is 2. The minimum absolute atomic E-state index is 0.453. The average Bonchev–Trinajstić information content (AvgIpc) is 2.99. The summed E-state index contributed by atoms with van der Waals surface area (Å²) in [7, 11) is 0. The normalized spacial score (nSPS) is 10.8. The summed E-state index contributed by atoms with van der Waals surface area (Å²) < 4.78 is 5.30. The van der Waals surface area contributed by atoms with E-state index in [1.807, 2.05) is 25.3 Å². The largest absolute Gasteiger partial charge is 0.397 e. The van der Waals surface area contributed by atoms with E-state index in [2.05, 4.69) is 15.1 Å². The Labute approximate surface area is 114 Å². The molecule has 0 aromatic carbocycles. The molecular weight excluding hydrogens is 260 g/mol. The number of anilines is 1. The molecule has 0 atom stereocenters. The van der Waals surface area contributed by atoms with Crippen LogP contribution in [-0.2, 0) is 0 Å². The zero-order chi connectivity index (χ0) is 13.4. The Morgan fingerprint density at radius 2 is 2.11 bits per heavy atom. The molecule has 6 heteroatoms. The van der Waals surface area contributed by atoms with Gasteiger partial charge in [0.15, 0.2) is 0 Å². The number of nitrogen functional groups attached to an aromatic ring is 1. The molecule has 0 spiro atoms. The Kier molecular flexibility index (Phi) is 2.79. The third kappa shape index (κ3) is 2.00. The van der Waals surface area contributed by atoms with Gasteiger partial charge in [-0.05, 0) is 36.4 Å². The van der Waals surface area contributed by atoms with Gasteiger partial charge in [0.05, 0.1) is 5.69 Å². The summed E-state index contributed by atoms with van der Waals surface area (Å²) >= 11 is 1.51. The van der Waals surface area contributed by atoms with E-state index in [9.17, 15) is 0 Å². The van der Waals surface area contributed by atoms with Crippen LogP contribution in [0.25, 0.3) is 22.2 Å². The van der Waals surface area contributed by atoms with Gasteiger partial charge in [-0.1, -0.05) is 5.16 Å². The van der Waals surface area contributed by atoms with Crippen LogP contribution in [0.2, 0.25) is 0 Å². The van der Waals surface area contributed by atoms with Crippen molar-refractivity contribution in [3.05, 3.63) is 35.0 Å². The first-order chi connectivity index (χ1) is 9.16. The molecule has 2 N–H and O–H groups in total. The number of thiophene rings is 1. The molecule has 0 radical (unpaired) electrons. The summed E-state index contributed by atoms with van der Waals surface area (Å²) in [5.74, 6) is 0.986. The predicted molar refractivity (Wildman–Crippen MR) is 74.7 cm³/mol. The summed E-state index contributed by atoms with van der Waals surface area (Å²) in [5, 5.41) is 5.98. The highest BCUT2D eigenvalue weighted by atomic mass is 32.1. The van der Waals surface area contributed by atoms with Gasteiger partial charge >= 0.3 is 0 Å². The van der Waals surface area contributed by atoms with E-state index < -0.39 is 0 Å². The molecule has 3 aromatic heterocycles. The van der Waals surface area contributed by atoms with Gasteiger partial charge in [-0.15, -0.1) is 11.3 Å². The number of rotatable bonds is 2. The third-order valence-corrected chi connectivity index (χ3v) is 4.02. The molecular formula is C13H12N4OS. The summed E-state index contributed by atoms with van der Waals surface area (Å²) in [5.41, 5.74) is 9.62. The van der Waals surface area contributed by atoms with Crippen LogP contribution in [0, 0.1) is 13.8 Å². The maximum Gasteiger partial charge on any atom is 0.270 e. The van der Waals surface area contributed by atoms with E-state index in [1.165, 1.54) is 11.3 Å². The van der Waals surface area contributed by atoms with Crippen LogP contribution in [0.1, 0.15) is 11.1 Å². The summed E-state index contributed by atoms with van der Waals surface area (Å²) in [6.45, 7) is 3.94. The van der Waals surface area contributed by atoms with Crippen molar-refractivity contribution in [3.8, 4) is 22.2 Å². The zero-order valence-electron chi connectivity index (χ0n) is 10.5. The minimum atomic E-state index is 0.453. The molecule has 5 nitrogen and oxygen atoms in total. The molecule has 3 aromatic rings. The lowest BCUT2D eigenvalue weighted by atomic mass is 10.1. The van der Waals surface area contributed by atoms with Crippen LogP contribution in [-0.4, -0.2) is 15.1 Å². The maximum absolute atomic E-state index is 5.98. The summed E-state index contributed by atoms with van der Waals surface area (Å²) in [4.78, 5) is 9.30. The van der Waals surface area contributed by atoms with Crippen LogP contribution in [0.4, 0.5) is 5.69 Å². The number of nitrogens with zero attached hydrogens (tertiary/aromatic N) is 3. The molecule has 0 amide bonds. The molecule has 3 heterocycles. The first-order valence-electron chi connectivity index (χ1n) is 5.75. The number of nitrogens with two attached hydrogens (primary N) is 1. The van der Waals surface area contributed by atoms with Crippen LogP contribution in [0.5, 0.6) is 0 Å². The fourth-order valence-corrected chi connectivity index (χ4v) is 2.64. The Hall–Kier alpha value is -2.21. The van der Waals surface area contributed by atoms with Crippen LogP contribution in [0.15, 0.2) is 28.4 Å². The fourth-order valence-electron chi connectivity index (χ4n) is 1.74. The predicted octanol–water partition coefficient (Wildman–Crippen LogP) is 3.06. The van der Waals surface area contributed by atoms with Gasteiger partial charge in [0.2, 0.25) is 5.82 Å².